The van der Waals surface area contributed by atoms with Crippen molar-refractivity contribution in [3.05, 3.63) is 70.9 Å². The molecule has 0 aromatic heterocycles. The predicted molar refractivity (Wildman–Crippen MR) is 92.8 cm³/mol. The summed E-state index contributed by atoms with van der Waals surface area (Å²) in [6.45, 7) is 9.05. The molecule has 1 aliphatic rings. The fraction of sp³-hybridized carbons (Fsp3) is 0.263. The number of ether oxygens (including phenoxy) is 1. The maximum Gasteiger partial charge on any atom is 0.120 e. The fourth-order valence-corrected chi connectivity index (χ4v) is 3.08. The van der Waals surface area contributed by atoms with Crippen molar-refractivity contribution in [2.75, 3.05) is 11.9 Å². The lowest BCUT2D eigenvalue weighted by Crippen LogP contribution is -2.21. The van der Waals surface area contributed by atoms with Gasteiger partial charge in [-0.3, -0.25) is 0 Å². The number of halogens is 1. The molecular formula is C19H20ClNO. The molecule has 0 amide bonds. The first-order valence-electron chi connectivity index (χ1n) is 7.35. The second-order valence-corrected chi connectivity index (χ2v) is 6.60. The summed E-state index contributed by atoms with van der Waals surface area (Å²) in [7, 11) is 2.06. The van der Waals surface area contributed by atoms with Crippen LogP contribution < -0.4 is 9.64 Å². The molecule has 2 aromatic carbocycles. The van der Waals surface area contributed by atoms with Gasteiger partial charge in [0.2, 0.25) is 0 Å². The van der Waals surface area contributed by atoms with Crippen LogP contribution in [0.3, 0.4) is 0 Å². The third kappa shape index (κ3) is 2.38. The van der Waals surface area contributed by atoms with Crippen molar-refractivity contribution < 1.29 is 4.74 Å². The van der Waals surface area contributed by atoms with E-state index in [2.05, 4.69) is 44.5 Å². The minimum atomic E-state index is -0.0756. The Morgan fingerprint density at radius 2 is 1.91 bits per heavy atom. The predicted octanol–water partition coefficient (Wildman–Crippen LogP) is 5.16. The molecule has 22 heavy (non-hydrogen) atoms. The Morgan fingerprint density at radius 1 is 1.18 bits per heavy atom. The van der Waals surface area contributed by atoms with Crippen molar-refractivity contribution in [1.82, 2.24) is 0 Å². The summed E-state index contributed by atoms with van der Waals surface area (Å²) in [5.41, 5.74) is 4.46. The number of hydrogen-bond donors (Lipinski definition) is 0. The van der Waals surface area contributed by atoms with Gasteiger partial charge in [-0.15, -0.1) is 0 Å². The van der Waals surface area contributed by atoms with Crippen LogP contribution >= 0.6 is 11.6 Å². The average Bonchev–Trinajstić information content (AvgIpc) is 2.68. The van der Waals surface area contributed by atoms with E-state index in [9.17, 15) is 0 Å². The van der Waals surface area contributed by atoms with E-state index in [4.69, 9.17) is 16.3 Å². The van der Waals surface area contributed by atoms with Crippen LogP contribution in [0.1, 0.15) is 25.0 Å². The minimum Gasteiger partial charge on any atom is -0.489 e. The maximum absolute atomic E-state index is 6.17. The smallest absolute Gasteiger partial charge is 0.120 e. The van der Waals surface area contributed by atoms with Gasteiger partial charge in [-0.25, -0.2) is 0 Å². The highest BCUT2D eigenvalue weighted by atomic mass is 35.5. The number of allylic oxidation sites excluding steroid dienone is 1. The van der Waals surface area contributed by atoms with Crippen LogP contribution in [-0.4, -0.2) is 7.05 Å². The van der Waals surface area contributed by atoms with E-state index in [1.54, 1.807) is 0 Å². The van der Waals surface area contributed by atoms with Gasteiger partial charge in [0.05, 0.1) is 0 Å². The van der Waals surface area contributed by atoms with Gasteiger partial charge in [-0.1, -0.05) is 50.2 Å². The Balaban J connectivity index is 1.85. The molecule has 114 valence electrons. The van der Waals surface area contributed by atoms with Crippen molar-refractivity contribution >= 4 is 17.3 Å². The summed E-state index contributed by atoms with van der Waals surface area (Å²) in [5, 5.41) is 0.733. The summed E-state index contributed by atoms with van der Waals surface area (Å²) in [4.78, 5) is 2.15. The highest BCUT2D eigenvalue weighted by Crippen LogP contribution is 2.47. The van der Waals surface area contributed by atoms with E-state index in [-0.39, 0.29) is 5.41 Å². The molecule has 0 unspecified atom stereocenters. The highest BCUT2D eigenvalue weighted by Gasteiger charge is 2.37. The Bertz CT molecular complexity index is 736. The van der Waals surface area contributed by atoms with E-state index in [1.807, 2.05) is 30.3 Å². The Kier molecular flexibility index (Phi) is 3.65. The second-order valence-electron chi connectivity index (χ2n) is 6.19. The van der Waals surface area contributed by atoms with Crippen LogP contribution in [0.25, 0.3) is 0 Å². The van der Waals surface area contributed by atoms with Gasteiger partial charge >= 0.3 is 0 Å². The highest BCUT2D eigenvalue weighted by molar-refractivity contribution is 6.31. The number of likely N-dealkylation sites (N-methyl/N-ethyl adjacent to an activating group) is 1. The molecule has 0 bridgehead atoms. The first-order valence-corrected chi connectivity index (χ1v) is 7.73. The third-order valence-corrected chi connectivity index (χ3v) is 4.85. The Labute approximate surface area is 137 Å². The van der Waals surface area contributed by atoms with Crippen LogP contribution in [0, 0.1) is 0 Å². The van der Waals surface area contributed by atoms with Gasteiger partial charge in [-0.05, 0) is 29.8 Å². The van der Waals surface area contributed by atoms with Gasteiger partial charge in [0.15, 0.2) is 0 Å². The van der Waals surface area contributed by atoms with Crippen LogP contribution in [0.15, 0.2) is 54.7 Å². The third-order valence-electron chi connectivity index (χ3n) is 4.48. The quantitative estimate of drug-likeness (QED) is 0.776. The number of anilines is 1. The van der Waals surface area contributed by atoms with E-state index < -0.39 is 0 Å². The van der Waals surface area contributed by atoms with Gasteiger partial charge in [-0.2, -0.15) is 0 Å². The largest absolute Gasteiger partial charge is 0.489 e. The van der Waals surface area contributed by atoms with Gasteiger partial charge < -0.3 is 9.64 Å². The van der Waals surface area contributed by atoms with Gasteiger partial charge in [0, 0.05) is 34.4 Å². The number of benzene rings is 2. The first-order chi connectivity index (χ1) is 10.4. The van der Waals surface area contributed by atoms with Crippen molar-refractivity contribution in [3.8, 4) is 5.75 Å². The summed E-state index contributed by atoms with van der Waals surface area (Å²) in [6.07, 6.45) is 0. The van der Waals surface area contributed by atoms with Crippen LogP contribution in [-0.2, 0) is 12.0 Å². The molecule has 1 aliphatic heterocycles. The lowest BCUT2D eigenvalue weighted by atomic mass is 9.84. The number of rotatable bonds is 3. The number of nitrogens with zero attached hydrogens (tertiary/aromatic N) is 1. The van der Waals surface area contributed by atoms with E-state index >= 15 is 0 Å². The molecule has 2 nitrogen and oxygen atoms in total. The van der Waals surface area contributed by atoms with E-state index in [1.165, 1.54) is 11.3 Å². The zero-order chi connectivity index (χ0) is 15.9. The minimum absolute atomic E-state index is 0.0756. The van der Waals surface area contributed by atoms with Crippen LogP contribution in [0.4, 0.5) is 5.69 Å². The van der Waals surface area contributed by atoms with E-state index in [0.717, 1.165) is 22.0 Å². The molecule has 0 fully saturated rings. The molecule has 0 N–H and O–H groups in total. The zero-order valence-corrected chi connectivity index (χ0v) is 13.9. The molecule has 0 radical (unpaired) electrons. The molecule has 2 aromatic rings. The van der Waals surface area contributed by atoms with Crippen LogP contribution in [0.2, 0.25) is 5.02 Å². The summed E-state index contributed by atoms with van der Waals surface area (Å²) >= 11 is 6.17. The molecule has 0 aliphatic carbocycles. The van der Waals surface area contributed by atoms with Crippen molar-refractivity contribution in [1.29, 1.82) is 0 Å². The monoisotopic (exact) mass is 313 g/mol. The Morgan fingerprint density at radius 3 is 2.64 bits per heavy atom. The molecule has 0 saturated carbocycles. The lowest BCUT2D eigenvalue weighted by Gasteiger charge is -2.22. The molecule has 0 spiro atoms. The molecule has 3 heteroatoms. The van der Waals surface area contributed by atoms with Gasteiger partial charge in [0.1, 0.15) is 12.4 Å². The summed E-state index contributed by atoms with van der Waals surface area (Å²) in [6, 6.07) is 14.0. The average molecular weight is 314 g/mol. The summed E-state index contributed by atoms with van der Waals surface area (Å²) in [5.74, 6) is 0.856. The van der Waals surface area contributed by atoms with Crippen molar-refractivity contribution in [2.45, 2.75) is 25.9 Å². The summed E-state index contributed by atoms with van der Waals surface area (Å²) < 4.78 is 5.93. The first kappa shape index (κ1) is 15.0. The van der Waals surface area contributed by atoms with E-state index in [0.29, 0.717) is 6.61 Å². The molecule has 3 rings (SSSR count). The van der Waals surface area contributed by atoms with Gasteiger partial charge in [0.25, 0.3) is 0 Å². The standard InChI is InChI=1S/C19H20ClNO/c1-13-19(2,3)16-11-15(9-10-18(16)21(13)4)22-12-14-7-5-6-8-17(14)20/h5-11H,1,12H2,2-4H3. The van der Waals surface area contributed by atoms with Crippen LogP contribution in [0.5, 0.6) is 5.75 Å². The molecular weight excluding hydrogens is 294 g/mol. The molecule has 0 atom stereocenters. The lowest BCUT2D eigenvalue weighted by molar-refractivity contribution is 0.306. The normalized spacial score (nSPS) is 15.8. The topological polar surface area (TPSA) is 12.5 Å². The molecule has 0 saturated heterocycles. The van der Waals surface area contributed by atoms with Crippen molar-refractivity contribution in [2.24, 2.45) is 0 Å². The number of hydrogen-bond acceptors (Lipinski definition) is 2. The zero-order valence-electron chi connectivity index (χ0n) is 13.2. The molecule has 1 heterocycles. The second kappa shape index (κ2) is 5.36. The SMILES string of the molecule is C=C1N(C)c2ccc(OCc3ccccc3Cl)cc2C1(C)C. The maximum atomic E-state index is 6.17. The number of fused-ring (bicyclic) bond motifs is 1. The Hall–Kier alpha value is -1.93. The fourth-order valence-electron chi connectivity index (χ4n) is 2.89. The van der Waals surface area contributed by atoms with Crippen molar-refractivity contribution in [3.63, 3.8) is 0 Å².